The molecule has 1 fully saturated rings. The lowest BCUT2D eigenvalue weighted by atomic mass is 9.93. The molecule has 2 aromatic heterocycles. The molecule has 0 bridgehead atoms. The number of fused-ring (bicyclic) bond motifs is 1. The number of benzene rings is 2. The summed E-state index contributed by atoms with van der Waals surface area (Å²) in [6.45, 7) is 6.36. The van der Waals surface area contributed by atoms with Crippen molar-refractivity contribution in [2.24, 2.45) is 0 Å². The average Bonchev–Trinajstić information content (AvgIpc) is 3.24. The molecule has 0 aliphatic carbocycles. The lowest BCUT2D eigenvalue weighted by molar-refractivity contribution is 0.0728. The van der Waals surface area contributed by atoms with Crippen molar-refractivity contribution >= 4 is 17.2 Å². The van der Waals surface area contributed by atoms with Crippen molar-refractivity contribution in [3.8, 4) is 11.1 Å². The van der Waals surface area contributed by atoms with Crippen molar-refractivity contribution in [1.29, 1.82) is 0 Å². The Labute approximate surface area is 210 Å². The summed E-state index contributed by atoms with van der Waals surface area (Å²) in [6, 6.07) is 18.7. The van der Waals surface area contributed by atoms with Gasteiger partial charge in [0.25, 0.3) is 5.91 Å². The van der Waals surface area contributed by atoms with Crippen LogP contribution in [0.4, 0.5) is 4.39 Å². The zero-order valence-corrected chi connectivity index (χ0v) is 20.7. The van der Waals surface area contributed by atoms with Gasteiger partial charge in [0, 0.05) is 56.3 Å². The molecular weight excluding hydrogens is 453 g/mol. The third-order valence-electron chi connectivity index (χ3n) is 7.10. The Morgan fingerprint density at radius 2 is 1.75 bits per heavy atom. The highest BCUT2D eigenvalue weighted by Crippen LogP contribution is 2.37. The first-order valence-electron chi connectivity index (χ1n) is 12.5. The Hall–Kier alpha value is -3.77. The highest BCUT2D eigenvalue weighted by molar-refractivity contribution is 6.03. The van der Waals surface area contributed by atoms with Crippen LogP contribution in [0.15, 0.2) is 66.9 Å². The molecule has 0 atom stereocenters. The number of piperazine rings is 1. The number of amides is 1. The first kappa shape index (κ1) is 23.9. The molecule has 1 saturated heterocycles. The van der Waals surface area contributed by atoms with E-state index in [0.29, 0.717) is 42.8 Å². The Bertz CT molecular complexity index is 1440. The number of carbonyl (C=O) groups excluding carboxylic acids is 2. The minimum absolute atomic E-state index is 0.0488. The maximum absolute atomic E-state index is 14.5. The number of nitrogens with zero attached hydrogens (tertiary/aromatic N) is 2. The van der Waals surface area contributed by atoms with Gasteiger partial charge in [-0.05, 0) is 47.4 Å². The molecule has 5 rings (SSSR count). The first-order valence-corrected chi connectivity index (χ1v) is 12.5. The van der Waals surface area contributed by atoms with Crippen molar-refractivity contribution in [3.63, 3.8) is 0 Å². The van der Waals surface area contributed by atoms with Crippen LogP contribution >= 0.6 is 0 Å². The van der Waals surface area contributed by atoms with Gasteiger partial charge in [0.15, 0.2) is 5.78 Å². The molecule has 0 spiro atoms. The number of aromatic nitrogens is 1. The molecule has 184 valence electrons. The number of carbonyl (C=O) groups is 2. The van der Waals surface area contributed by atoms with Gasteiger partial charge in [-0.3, -0.25) is 9.59 Å². The van der Waals surface area contributed by atoms with Gasteiger partial charge in [0.1, 0.15) is 11.5 Å². The zero-order valence-electron chi connectivity index (χ0n) is 20.7. The van der Waals surface area contributed by atoms with Crippen LogP contribution in [0.25, 0.3) is 16.6 Å². The molecule has 2 aromatic carbocycles. The van der Waals surface area contributed by atoms with E-state index >= 15 is 0 Å². The van der Waals surface area contributed by atoms with Crippen molar-refractivity contribution < 1.29 is 14.0 Å². The second kappa shape index (κ2) is 10.1. The summed E-state index contributed by atoms with van der Waals surface area (Å²) in [4.78, 5) is 28.5. The van der Waals surface area contributed by atoms with Crippen molar-refractivity contribution in [2.75, 3.05) is 26.2 Å². The maximum Gasteiger partial charge on any atom is 0.271 e. The number of hydrogen-bond donors (Lipinski definition) is 1. The van der Waals surface area contributed by atoms with E-state index in [9.17, 15) is 14.0 Å². The van der Waals surface area contributed by atoms with Crippen LogP contribution in [0.1, 0.15) is 50.9 Å². The molecule has 4 aromatic rings. The molecule has 5 nitrogen and oxygen atoms in total. The van der Waals surface area contributed by atoms with Crippen LogP contribution in [0, 0.1) is 12.7 Å². The van der Waals surface area contributed by atoms with Gasteiger partial charge < -0.3 is 14.6 Å². The average molecular weight is 484 g/mol. The number of ketones is 1. The Kier molecular flexibility index (Phi) is 6.70. The Balaban J connectivity index is 1.81. The highest BCUT2D eigenvalue weighted by atomic mass is 19.1. The fourth-order valence-corrected chi connectivity index (χ4v) is 5.07. The van der Waals surface area contributed by atoms with E-state index in [1.54, 1.807) is 19.1 Å². The largest absolute Gasteiger partial charge is 0.335 e. The topological polar surface area (TPSA) is 53.8 Å². The van der Waals surface area contributed by atoms with Crippen molar-refractivity contribution in [3.05, 3.63) is 101 Å². The van der Waals surface area contributed by atoms with E-state index in [1.807, 2.05) is 64.9 Å². The van der Waals surface area contributed by atoms with E-state index in [0.717, 1.165) is 40.9 Å². The van der Waals surface area contributed by atoms with Gasteiger partial charge in [-0.1, -0.05) is 49.4 Å². The maximum atomic E-state index is 14.5. The summed E-state index contributed by atoms with van der Waals surface area (Å²) in [7, 11) is 0. The van der Waals surface area contributed by atoms with Gasteiger partial charge in [0.05, 0.1) is 5.52 Å². The number of pyridine rings is 1. The van der Waals surface area contributed by atoms with Crippen LogP contribution in [-0.2, 0) is 6.42 Å². The van der Waals surface area contributed by atoms with E-state index in [-0.39, 0.29) is 17.5 Å². The zero-order chi connectivity index (χ0) is 25.2. The molecule has 6 heteroatoms. The summed E-state index contributed by atoms with van der Waals surface area (Å²) in [5.74, 6) is -0.258. The third kappa shape index (κ3) is 4.33. The van der Waals surface area contributed by atoms with E-state index < -0.39 is 0 Å². The minimum Gasteiger partial charge on any atom is -0.335 e. The van der Waals surface area contributed by atoms with Gasteiger partial charge >= 0.3 is 0 Å². The molecule has 1 amide bonds. The van der Waals surface area contributed by atoms with E-state index in [4.69, 9.17) is 0 Å². The Morgan fingerprint density at radius 3 is 2.47 bits per heavy atom. The van der Waals surface area contributed by atoms with Crippen LogP contribution in [-0.4, -0.2) is 47.2 Å². The molecule has 1 aliphatic heterocycles. The smallest absolute Gasteiger partial charge is 0.271 e. The highest BCUT2D eigenvalue weighted by Gasteiger charge is 2.29. The van der Waals surface area contributed by atoms with E-state index in [1.165, 1.54) is 6.07 Å². The van der Waals surface area contributed by atoms with Gasteiger partial charge in [-0.25, -0.2) is 4.39 Å². The monoisotopic (exact) mass is 483 g/mol. The number of hydrogen-bond acceptors (Lipinski definition) is 3. The normalized spacial score (nSPS) is 13.8. The molecular formula is C30H30FN3O2. The number of halogens is 1. The van der Waals surface area contributed by atoms with E-state index in [2.05, 4.69) is 5.32 Å². The molecule has 0 saturated carbocycles. The molecule has 1 N–H and O–H groups in total. The van der Waals surface area contributed by atoms with Crippen LogP contribution in [0.3, 0.4) is 0 Å². The first-order chi connectivity index (χ1) is 17.5. The minimum atomic E-state index is -0.261. The van der Waals surface area contributed by atoms with Gasteiger partial charge in [-0.15, -0.1) is 0 Å². The number of Topliss-reactive ketones (excluding diaryl/α,β-unsaturated/α-hetero) is 1. The molecule has 0 radical (unpaired) electrons. The summed E-state index contributed by atoms with van der Waals surface area (Å²) < 4.78 is 16.4. The molecule has 1 aliphatic rings. The SMILES string of the molecule is CCC(=O)c1ccn2c(C(=O)N3CCNCC3)c(Cc3cccc(F)c3C)c(-c3ccccc3)c2c1. The quantitative estimate of drug-likeness (QED) is 0.380. The number of nitrogens with one attached hydrogen (secondary N) is 1. The van der Waals surface area contributed by atoms with Crippen molar-refractivity contribution in [1.82, 2.24) is 14.6 Å². The fourth-order valence-electron chi connectivity index (χ4n) is 5.07. The standard InChI is InChI=1S/C30H30FN3O2/c1-3-27(35)23-12-15-34-26(19-23)28(21-8-5-4-6-9-21)24(18-22-10-7-11-25(31)20(22)2)29(34)30(36)33-16-13-32-14-17-33/h4-12,15,19,32H,3,13-14,16-18H2,1-2H3. The molecule has 3 heterocycles. The van der Waals surface area contributed by atoms with Crippen LogP contribution in [0.2, 0.25) is 0 Å². The predicted molar refractivity (Wildman–Crippen MR) is 140 cm³/mol. The predicted octanol–water partition coefficient (Wildman–Crippen LogP) is 5.28. The molecule has 36 heavy (non-hydrogen) atoms. The fraction of sp³-hybridized carbons (Fsp3) is 0.267. The van der Waals surface area contributed by atoms with Gasteiger partial charge in [-0.2, -0.15) is 0 Å². The number of rotatable bonds is 6. The second-order valence-electron chi connectivity index (χ2n) is 9.26. The summed E-state index contributed by atoms with van der Waals surface area (Å²) >= 11 is 0. The lowest BCUT2D eigenvalue weighted by Gasteiger charge is -2.28. The third-order valence-corrected chi connectivity index (χ3v) is 7.10. The molecule has 0 unspecified atom stereocenters. The lowest BCUT2D eigenvalue weighted by Crippen LogP contribution is -2.46. The summed E-state index contributed by atoms with van der Waals surface area (Å²) in [5.41, 5.74) is 6.13. The van der Waals surface area contributed by atoms with Crippen LogP contribution in [0.5, 0.6) is 0 Å². The van der Waals surface area contributed by atoms with Gasteiger partial charge in [0.2, 0.25) is 0 Å². The van der Waals surface area contributed by atoms with Crippen molar-refractivity contribution in [2.45, 2.75) is 26.7 Å². The summed E-state index contributed by atoms with van der Waals surface area (Å²) in [5, 5.41) is 3.30. The second-order valence-corrected chi connectivity index (χ2v) is 9.26. The Morgan fingerprint density at radius 1 is 1.00 bits per heavy atom. The van der Waals surface area contributed by atoms with Crippen LogP contribution < -0.4 is 5.32 Å². The summed E-state index contributed by atoms with van der Waals surface area (Å²) in [6.07, 6.45) is 2.64.